The summed E-state index contributed by atoms with van der Waals surface area (Å²) in [5.74, 6) is 2.59. The summed E-state index contributed by atoms with van der Waals surface area (Å²) >= 11 is 0. The lowest BCUT2D eigenvalue weighted by Gasteiger charge is -2.33. The fourth-order valence-corrected chi connectivity index (χ4v) is 1.98. The standard InChI is InChI=1S/C13H21NO3/c1-8-10-9(2)16-13(6,7)14(10)11(15)17-12(3,4)5/h1,9-10H,2-7H3/t9-,10-/m1/s1. The molecule has 0 N–H and O–H groups in total. The molecule has 0 aromatic carbocycles. The van der Waals surface area contributed by atoms with Crippen LogP contribution in [0.2, 0.25) is 0 Å². The van der Waals surface area contributed by atoms with Gasteiger partial charge >= 0.3 is 6.09 Å². The fourth-order valence-electron chi connectivity index (χ4n) is 1.98. The van der Waals surface area contributed by atoms with Crippen molar-refractivity contribution in [1.29, 1.82) is 0 Å². The number of amides is 1. The molecule has 96 valence electrons. The van der Waals surface area contributed by atoms with Gasteiger partial charge < -0.3 is 9.47 Å². The number of hydrogen-bond acceptors (Lipinski definition) is 3. The molecule has 1 saturated heterocycles. The van der Waals surface area contributed by atoms with Crippen molar-refractivity contribution in [2.24, 2.45) is 0 Å². The van der Waals surface area contributed by atoms with E-state index in [2.05, 4.69) is 5.92 Å². The second-order valence-corrected chi connectivity index (χ2v) is 5.73. The minimum atomic E-state index is -0.737. The van der Waals surface area contributed by atoms with Gasteiger partial charge in [0.1, 0.15) is 17.4 Å². The lowest BCUT2D eigenvalue weighted by atomic mass is 10.1. The van der Waals surface area contributed by atoms with Crippen molar-refractivity contribution in [1.82, 2.24) is 4.90 Å². The molecule has 17 heavy (non-hydrogen) atoms. The molecule has 2 atom stereocenters. The third kappa shape index (κ3) is 2.92. The van der Waals surface area contributed by atoms with E-state index in [1.807, 2.05) is 41.5 Å². The highest BCUT2D eigenvalue weighted by Crippen LogP contribution is 2.33. The van der Waals surface area contributed by atoms with E-state index < -0.39 is 17.4 Å². The number of hydrogen-bond donors (Lipinski definition) is 0. The van der Waals surface area contributed by atoms with E-state index in [4.69, 9.17) is 15.9 Å². The molecule has 1 amide bonds. The molecule has 0 spiro atoms. The van der Waals surface area contributed by atoms with Crippen LogP contribution in [-0.4, -0.2) is 34.5 Å². The Morgan fingerprint density at radius 2 is 2.00 bits per heavy atom. The molecule has 1 heterocycles. The van der Waals surface area contributed by atoms with Crippen LogP contribution in [0.15, 0.2) is 0 Å². The monoisotopic (exact) mass is 239 g/mol. The Morgan fingerprint density at radius 1 is 1.47 bits per heavy atom. The van der Waals surface area contributed by atoms with Crippen LogP contribution in [0.1, 0.15) is 41.5 Å². The summed E-state index contributed by atoms with van der Waals surface area (Å²) in [5, 5.41) is 0. The summed E-state index contributed by atoms with van der Waals surface area (Å²) in [6.45, 7) is 10.9. The van der Waals surface area contributed by atoms with Gasteiger partial charge in [-0.2, -0.15) is 0 Å². The maximum Gasteiger partial charge on any atom is 0.413 e. The van der Waals surface area contributed by atoms with Crippen LogP contribution in [0.3, 0.4) is 0 Å². The molecule has 0 radical (unpaired) electrons. The summed E-state index contributed by atoms with van der Waals surface area (Å²) in [7, 11) is 0. The highest BCUT2D eigenvalue weighted by atomic mass is 16.6. The second-order valence-electron chi connectivity index (χ2n) is 5.73. The number of rotatable bonds is 0. The van der Waals surface area contributed by atoms with E-state index in [1.54, 1.807) is 0 Å². The van der Waals surface area contributed by atoms with Gasteiger partial charge in [0.25, 0.3) is 0 Å². The van der Waals surface area contributed by atoms with Gasteiger partial charge in [-0.05, 0) is 41.5 Å². The molecular formula is C13H21NO3. The van der Waals surface area contributed by atoms with E-state index >= 15 is 0 Å². The molecule has 0 saturated carbocycles. The van der Waals surface area contributed by atoms with E-state index in [9.17, 15) is 4.79 Å². The van der Waals surface area contributed by atoms with Crippen LogP contribution >= 0.6 is 0 Å². The van der Waals surface area contributed by atoms with Gasteiger partial charge in [0.05, 0.1) is 6.10 Å². The van der Waals surface area contributed by atoms with Crippen LogP contribution in [0, 0.1) is 12.3 Å². The van der Waals surface area contributed by atoms with Crippen molar-refractivity contribution in [3.8, 4) is 12.3 Å². The minimum absolute atomic E-state index is 0.192. The van der Waals surface area contributed by atoms with Gasteiger partial charge in [-0.3, -0.25) is 4.90 Å². The second kappa shape index (κ2) is 4.23. The van der Waals surface area contributed by atoms with Gasteiger partial charge in [-0.1, -0.05) is 5.92 Å². The number of ether oxygens (including phenoxy) is 2. The zero-order chi connectivity index (χ0) is 13.4. The highest BCUT2D eigenvalue weighted by Gasteiger charge is 2.48. The molecule has 0 bridgehead atoms. The molecule has 0 aromatic heterocycles. The quantitative estimate of drug-likeness (QED) is 0.609. The Morgan fingerprint density at radius 3 is 2.41 bits per heavy atom. The van der Waals surface area contributed by atoms with Gasteiger partial charge in [0.2, 0.25) is 0 Å². The molecule has 4 nitrogen and oxygen atoms in total. The first kappa shape index (κ1) is 13.9. The van der Waals surface area contributed by atoms with Crippen LogP contribution in [0.5, 0.6) is 0 Å². The minimum Gasteiger partial charge on any atom is -0.444 e. The van der Waals surface area contributed by atoms with Gasteiger partial charge in [0, 0.05) is 0 Å². The summed E-state index contributed by atoms with van der Waals surface area (Å²) in [4.78, 5) is 13.6. The Hall–Kier alpha value is -1.21. The molecule has 0 unspecified atom stereocenters. The predicted molar refractivity (Wildman–Crippen MR) is 65.3 cm³/mol. The molecule has 1 aliphatic heterocycles. The first-order chi connectivity index (χ1) is 7.58. The average molecular weight is 239 g/mol. The number of carbonyl (C=O) groups is 1. The zero-order valence-corrected chi connectivity index (χ0v) is 11.4. The summed E-state index contributed by atoms with van der Waals surface area (Å²) in [5.41, 5.74) is -1.28. The zero-order valence-electron chi connectivity index (χ0n) is 11.4. The molecule has 0 aromatic rings. The fraction of sp³-hybridized carbons (Fsp3) is 0.769. The smallest absolute Gasteiger partial charge is 0.413 e. The van der Waals surface area contributed by atoms with E-state index in [0.29, 0.717) is 0 Å². The van der Waals surface area contributed by atoms with Crippen molar-refractivity contribution in [3.05, 3.63) is 0 Å². The number of carbonyl (C=O) groups excluding carboxylic acids is 1. The Bertz CT molecular complexity index is 349. The first-order valence-electron chi connectivity index (χ1n) is 5.75. The van der Waals surface area contributed by atoms with Gasteiger partial charge in [-0.25, -0.2) is 4.79 Å². The summed E-state index contributed by atoms with van der Waals surface area (Å²) in [6.07, 6.45) is 4.83. The topological polar surface area (TPSA) is 38.8 Å². The Balaban J connectivity index is 2.94. The van der Waals surface area contributed by atoms with Crippen LogP contribution in [-0.2, 0) is 9.47 Å². The first-order valence-corrected chi connectivity index (χ1v) is 5.75. The highest BCUT2D eigenvalue weighted by molar-refractivity contribution is 5.70. The lowest BCUT2D eigenvalue weighted by Crippen LogP contribution is -2.49. The van der Waals surface area contributed by atoms with Crippen molar-refractivity contribution < 1.29 is 14.3 Å². The van der Waals surface area contributed by atoms with Gasteiger partial charge in [0.15, 0.2) is 0 Å². The molecular weight excluding hydrogens is 218 g/mol. The van der Waals surface area contributed by atoms with Crippen molar-refractivity contribution in [3.63, 3.8) is 0 Å². The molecule has 1 fully saturated rings. The Kier molecular flexibility index (Phi) is 3.45. The third-order valence-electron chi connectivity index (χ3n) is 2.54. The van der Waals surface area contributed by atoms with E-state index in [-0.39, 0.29) is 12.1 Å². The van der Waals surface area contributed by atoms with Crippen molar-refractivity contribution >= 4 is 6.09 Å². The maximum atomic E-state index is 12.1. The molecule has 1 aliphatic rings. The lowest BCUT2D eigenvalue weighted by molar-refractivity contribution is -0.0751. The van der Waals surface area contributed by atoms with Crippen LogP contribution in [0.4, 0.5) is 4.79 Å². The predicted octanol–water partition coefficient (Wildman–Crippen LogP) is 2.38. The number of terminal acetylenes is 1. The normalized spacial score (nSPS) is 27.7. The summed E-state index contributed by atoms with van der Waals surface area (Å²) < 4.78 is 11.0. The van der Waals surface area contributed by atoms with Crippen LogP contribution in [0.25, 0.3) is 0 Å². The largest absolute Gasteiger partial charge is 0.444 e. The van der Waals surface area contributed by atoms with E-state index in [1.165, 1.54) is 4.90 Å². The third-order valence-corrected chi connectivity index (χ3v) is 2.54. The maximum absolute atomic E-state index is 12.1. The van der Waals surface area contributed by atoms with Crippen molar-refractivity contribution in [2.45, 2.75) is 65.0 Å². The van der Waals surface area contributed by atoms with E-state index in [0.717, 1.165) is 0 Å². The SMILES string of the molecule is C#C[C@@H]1[C@@H](C)OC(C)(C)N1C(=O)OC(C)(C)C. The molecule has 0 aliphatic carbocycles. The van der Waals surface area contributed by atoms with Crippen molar-refractivity contribution in [2.75, 3.05) is 0 Å². The Labute approximate surface area is 103 Å². The van der Waals surface area contributed by atoms with Crippen LogP contribution < -0.4 is 0 Å². The average Bonchev–Trinajstić information content (AvgIpc) is 2.31. The molecule has 4 heteroatoms. The molecule has 1 rings (SSSR count). The van der Waals surface area contributed by atoms with Gasteiger partial charge in [-0.15, -0.1) is 6.42 Å². The summed E-state index contributed by atoms with van der Waals surface area (Å²) in [6, 6.07) is -0.389. The number of nitrogens with zero attached hydrogens (tertiary/aromatic N) is 1.